The van der Waals surface area contributed by atoms with Crippen LogP contribution in [-0.2, 0) is 11.8 Å². The molecule has 3 heterocycles. The number of morpholine rings is 1. The van der Waals surface area contributed by atoms with Crippen molar-refractivity contribution in [1.82, 2.24) is 24.6 Å². The Morgan fingerprint density at radius 3 is 2.74 bits per heavy atom. The molecule has 0 atom stereocenters. The summed E-state index contributed by atoms with van der Waals surface area (Å²) in [6.45, 7) is 4.31. The van der Waals surface area contributed by atoms with Crippen molar-refractivity contribution in [1.29, 1.82) is 0 Å². The maximum atomic E-state index is 13.0. The number of benzene rings is 1. The molecule has 162 valence electrons. The summed E-state index contributed by atoms with van der Waals surface area (Å²) in [5.74, 6) is -0.285. The minimum Gasteiger partial charge on any atom is -0.379 e. The van der Waals surface area contributed by atoms with Gasteiger partial charge in [-0.05, 0) is 24.3 Å². The van der Waals surface area contributed by atoms with Crippen LogP contribution < -0.4 is 5.32 Å². The lowest BCUT2D eigenvalue weighted by Gasteiger charge is -2.26. The Bertz CT molecular complexity index is 1080. The van der Waals surface area contributed by atoms with Crippen molar-refractivity contribution < 1.29 is 14.5 Å². The lowest BCUT2D eigenvalue weighted by atomic mass is 10.2. The van der Waals surface area contributed by atoms with Crippen LogP contribution in [0.1, 0.15) is 10.5 Å². The second kappa shape index (κ2) is 9.11. The molecule has 0 aliphatic carbocycles. The summed E-state index contributed by atoms with van der Waals surface area (Å²) >= 11 is 0. The van der Waals surface area contributed by atoms with Crippen molar-refractivity contribution >= 4 is 11.6 Å². The highest BCUT2D eigenvalue weighted by Gasteiger charge is 2.20. The Morgan fingerprint density at radius 1 is 1.23 bits per heavy atom. The van der Waals surface area contributed by atoms with E-state index in [1.54, 1.807) is 18.2 Å². The van der Waals surface area contributed by atoms with Gasteiger partial charge in [0.1, 0.15) is 11.4 Å². The van der Waals surface area contributed by atoms with Gasteiger partial charge in [-0.15, -0.1) is 0 Å². The van der Waals surface area contributed by atoms with Crippen LogP contribution >= 0.6 is 0 Å². The lowest BCUT2D eigenvalue weighted by Crippen LogP contribution is -2.41. The Morgan fingerprint density at radius 2 is 2.03 bits per heavy atom. The number of non-ortho nitro benzene ring substituents is 1. The van der Waals surface area contributed by atoms with Crippen LogP contribution in [0.25, 0.3) is 17.1 Å². The molecule has 0 saturated carbocycles. The zero-order valence-electron chi connectivity index (χ0n) is 17.2. The molecule has 1 aliphatic rings. The van der Waals surface area contributed by atoms with E-state index < -0.39 is 4.92 Å². The monoisotopic (exact) mass is 424 g/mol. The molecule has 4 rings (SSSR count). The number of nitrogens with zero attached hydrogens (tertiary/aromatic N) is 5. The minimum atomic E-state index is -0.465. The Labute approximate surface area is 179 Å². The molecule has 1 aliphatic heterocycles. The first-order chi connectivity index (χ1) is 15.0. The Hall–Kier alpha value is -3.50. The van der Waals surface area contributed by atoms with E-state index in [0.29, 0.717) is 36.8 Å². The summed E-state index contributed by atoms with van der Waals surface area (Å²) in [6, 6.07) is 11.6. The second-order valence-corrected chi connectivity index (χ2v) is 7.32. The number of aromatic nitrogens is 3. The molecular formula is C21H24N6O4. The molecule has 1 fully saturated rings. The largest absolute Gasteiger partial charge is 0.379 e. The van der Waals surface area contributed by atoms with Gasteiger partial charge in [0.05, 0.1) is 29.5 Å². The van der Waals surface area contributed by atoms with E-state index in [-0.39, 0.29) is 11.6 Å². The van der Waals surface area contributed by atoms with E-state index in [0.717, 1.165) is 25.3 Å². The van der Waals surface area contributed by atoms with Gasteiger partial charge in [0, 0.05) is 51.6 Å². The summed E-state index contributed by atoms with van der Waals surface area (Å²) in [4.78, 5) is 26.0. The molecule has 1 aromatic carbocycles. The van der Waals surface area contributed by atoms with Crippen LogP contribution in [0.5, 0.6) is 0 Å². The van der Waals surface area contributed by atoms with Crippen LogP contribution in [0.4, 0.5) is 5.69 Å². The number of hydrogen-bond acceptors (Lipinski definition) is 6. The van der Waals surface area contributed by atoms with E-state index in [1.165, 1.54) is 16.8 Å². The third-order valence-electron chi connectivity index (χ3n) is 5.25. The number of aryl methyl sites for hydroxylation is 1. The van der Waals surface area contributed by atoms with Gasteiger partial charge in [0.2, 0.25) is 0 Å². The average molecular weight is 424 g/mol. The zero-order chi connectivity index (χ0) is 21.8. The smallest absolute Gasteiger partial charge is 0.271 e. The quantitative estimate of drug-likeness (QED) is 0.458. The average Bonchev–Trinajstić information content (AvgIpc) is 3.41. The zero-order valence-corrected chi connectivity index (χ0v) is 17.2. The third-order valence-corrected chi connectivity index (χ3v) is 5.25. The van der Waals surface area contributed by atoms with Crippen LogP contribution in [0.3, 0.4) is 0 Å². The van der Waals surface area contributed by atoms with Crippen molar-refractivity contribution in [3.05, 3.63) is 64.5 Å². The maximum Gasteiger partial charge on any atom is 0.271 e. The van der Waals surface area contributed by atoms with E-state index in [4.69, 9.17) is 4.74 Å². The highest BCUT2D eigenvalue weighted by molar-refractivity contribution is 5.94. The SMILES string of the molecule is Cn1cccc1-c1cc(C(=O)NCCN2CCOCC2)n(-c2cccc([N+](=O)[O-])c2)n1. The number of ether oxygens (including phenoxy) is 1. The molecule has 1 N–H and O–H groups in total. The fourth-order valence-corrected chi connectivity index (χ4v) is 3.57. The van der Waals surface area contributed by atoms with E-state index in [2.05, 4.69) is 15.3 Å². The molecule has 0 radical (unpaired) electrons. The first-order valence-electron chi connectivity index (χ1n) is 10.1. The van der Waals surface area contributed by atoms with Crippen molar-refractivity contribution in [2.24, 2.45) is 7.05 Å². The highest BCUT2D eigenvalue weighted by atomic mass is 16.6. The number of carbonyl (C=O) groups excluding carboxylic acids is 1. The normalized spacial score (nSPS) is 14.5. The molecule has 10 nitrogen and oxygen atoms in total. The first kappa shape index (κ1) is 20.8. The maximum absolute atomic E-state index is 13.0. The van der Waals surface area contributed by atoms with Gasteiger partial charge in [0.25, 0.3) is 11.6 Å². The van der Waals surface area contributed by atoms with Crippen molar-refractivity contribution in [2.75, 3.05) is 39.4 Å². The minimum absolute atomic E-state index is 0.0629. The number of rotatable bonds is 7. The fraction of sp³-hybridized carbons (Fsp3) is 0.333. The topological polar surface area (TPSA) is 107 Å². The molecule has 3 aromatic rings. The molecule has 0 spiro atoms. The molecular weight excluding hydrogens is 400 g/mol. The number of hydrogen-bond donors (Lipinski definition) is 1. The number of nitrogens with one attached hydrogen (secondary N) is 1. The van der Waals surface area contributed by atoms with Gasteiger partial charge < -0.3 is 14.6 Å². The summed E-state index contributed by atoms with van der Waals surface area (Å²) in [5.41, 5.74) is 2.16. The molecule has 0 unspecified atom stereocenters. The molecule has 0 bridgehead atoms. The van der Waals surface area contributed by atoms with E-state index in [9.17, 15) is 14.9 Å². The standard InChI is InChI=1S/C21H24N6O4/c1-24-8-3-6-19(24)18-15-20(21(28)22-7-9-25-10-12-31-13-11-25)26(23-18)16-4-2-5-17(14-16)27(29)30/h2-6,8,14-15H,7,9-13H2,1H3,(H,22,28). The molecule has 10 heteroatoms. The van der Waals surface area contributed by atoms with E-state index in [1.807, 2.05) is 29.9 Å². The fourth-order valence-electron chi connectivity index (χ4n) is 3.57. The number of amides is 1. The summed E-state index contributed by atoms with van der Waals surface area (Å²) in [6.07, 6.45) is 1.89. The third kappa shape index (κ3) is 4.65. The number of nitro benzene ring substituents is 1. The Balaban J connectivity index is 1.61. The summed E-state index contributed by atoms with van der Waals surface area (Å²) in [5, 5.41) is 18.7. The molecule has 1 amide bonds. The van der Waals surface area contributed by atoms with Crippen LogP contribution in [0.15, 0.2) is 48.7 Å². The second-order valence-electron chi connectivity index (χ2n) is 7.32. The van der Waals surface area contributed by atoms with Crippen LogP contribution in [0, 0.1) is 10.1 Å². The predicted molar refractivity (Wildman–Crippen MR) is 114 cm³/mol. The predicted octanol–water partition coefficient (Wildman–Crippen LogP) is 1.85. The van der Waals surface area contributed by atoms with Crippen molar-refractivity contribution in [2.45, 2.75) is 0 Å². The van der Waals surface area contributed by atoms with E-state index >= 15 is 0 Å². The van der Waals surface area contributed by atoms with Gasteiger partial charge >= 0.3 is 0 Å². The van der Waals surface area contributed by atoms with Crippen LogP contribution in [0.2, 0.25) is 0 Å². The van der Waals surface area contributed by atoms with Gasteiger partial charge in [-0.2, -0.15) is 5.10 Å². The molecule has 1 saturated heterocycles. The Kier molecular flexibility index (Phi) is 6.10. The lowest BCUT2D eigenvalue weighted by molar-refractivity contribution is -0.384. The van der Waals surface area contributed by atoms with Crippen molar-refractivity contribution in [3.63, 3.8) is 0 Å². The van der Waals surface area contributed by atoms with Crippen molar-refractivity contribution in [3.8, 4) is 17.1 Å². The van der Waals surface area contributed by atoms with Gasteiger partial charge in [0.15, 0.2) is 0 Å². The van der Waals surface area contributed by atoms with Gasteiger partial charge in [-0.25, -0.2) is 4.68 Å². The molecule has 31 heavy (non-hydrogen) atoms. The summed E-state index contributed by atoms with van der Waals surface area (Å²) in [7, 11) is 1.89. The summed E-state index contributed by atoms with van der Waals surface area (Å²) < 4.78 is 8.71. The number of carbonyl (C=O) groups is 1. The molecule has 2 aromatic heterocycles. The van der Waals surface area contributed by atoms with Crippen LogP contribution in [-0.4, -0.2) is 69.5 Å². The van der Waals surface area contributed by atoms with Gasteiger partial charge in [-0.1, -0.05) is 6.07 Å². The number of nitro groups is 1. The van der Waals surface area contributed by atoms with Gasteiger partial charge in [-0.3, -0.25) is 19.8 Å². The first-order valence-corrected chi connectivity index (χ1v) is 10.1. The highest BCUT2D eigenvalue weighted by Crippen LogP contribution is 2.24.